The first-order valence-electron chi connectivity index (χ1n) is 8.48. The highest BCUT2D eigenvalue weighted by molar-refractivity contribution is 5.94. The summed E-state index contributed by atoms with van der Waals surface area (Å²) in [5.74, 6) is -0.0592. The number of benzene rings is 1. The van der Waals surface area contributed by atoms with E-state index in [0.29, 0.717) is 24.4 Å². The molecule has 132 valence electrons. The molecule has 6 heteroatoms. The molecule has 1 amide bonds. The summed E-state index contributed by atoms with van der Waals surface area (Å²) in [5, 5.41) is 7.78. The lowest BCUT2D eigenvalue weighted by atomic mass is 9.98. The van der Waals surface area contributed by atoms with Crippen LogP contribution in [0.15, 0.2) is 42.6 Å². The number of aryl methyl sites for hydroxylation is 1. The van der Waals surface area contributed by atoms with E-state index in [2.05, 4.69) is 34.3 Å². The number of amides is 1. The molecule has 1 aromatic heterocycles. The Morgan fingerprint density at radius 2 is 2.08 bits per heavy atom. The minimum atomic E-state index is -0.0785. The monoisotopic (exact) mass is 340 g/mol. The van der Waals surface area contributed by atoms with E-state index in [1.165, 1.54) is 5.56 Å². The minimum Gasteiger partial charge on any atom is -0.373 e. The molecule has 1 aliphatic rings. The van der Waals surface area contributed by atoms with E-state index >= 15 is 0 Å². The zero-order valence-corrected chi connectivity index (χ0v) is 14.9. The van der Waals surface area contributed by atoms with Crippen LogP contribution in [0.4, 0.5) is 0 Å². The van der Waals surface area contributed by atoms with Gasteiger partial charge in [0, 0.05) is 20.1 Å². The van der Waals surface area contributed by atoms with E-state index in [4.69, 9.17) is 4.74 Å². The fraction of sp³-hybridized carbons (Fsp3) is 0.421. The van der Waals surface area contributed by atoms with Crippen LogP contribution in [-0.2, 0) is 4.74 Å². The van der Waals surface area contributed by atoms with Crippen LogP contribution in [0.25, 0.3) is 0 Å². The number of aromatic nitrogens is 2. The average molecular weight is 340 g/mol. The van der Waals surface area contributed by atoms with Gasteiger partial charge in [-0.3, -0.25) is 9.69 Å². The van der Waals surface area contributed by atoms with Crippen LogP contribution in [0.3, 0.4) is 0 Å². The molecule has 2 heterocycles. The molecular weight excluding hydrogens is 316 g/mol. The summed E-state index contributed by atoms with van der Waals surface area (Å²) in [6.45, 7) is 3.86. The Labute approximate surface area is 148 Å². The maximum atomic E-state index is 12.8. The third-order valence-corrected chi connectivity index (χ3v) is 4.68. The minimum absolute atomic E-state index is 0.0592. The summed E-state index contributed by atoms with van der Waals surface area (Å²) in [4.78, 5) is 16.8. The van der Waals surface area contributed by atoms with Gasteiger partial charge >= 0.3 is 0 Å². The highest BCUT2D eigenvalue weighted by atomic mass is 16.5. The van der Waals surface area contributed by atoms with Gasteiger partial charge in [-0.15, -0.1) is 0 Å². The number of nitrogens with zero attached hydrogens (tertiary/aromatic N) is 4. The highest BCUT2D eigenvalue weighted by Gasteiger charge is 2.33. The fourth-order valence-corrected chi connectivity index (χ4v) is 3.32. The summed E-state index contributed by atoms with van der Waals surface area (Å²) >= 11 is 0. The smallest absolute Gasteiger partial charge is 0.255 e. The van der Waals surface area contributed by atoms with E-state index in [1.54, 1.807) is 24.1 Å². The molecule has 0 aliphatic carbocycles. The van der Waals surface area contributed by atoms with Crippen LogP contribution >= 0.6 is 0 Å². The Morgan fingerprint density at radius 3 is 2.80 bits per heavy atom. The van der Waals surface area contributed by atoms with Crippen molar-refractivity contribution in [2.45, 2.75) is 19.1 Å². The van der Waals surface area contributed by atoms with Gasteiger partial charge in [0.05, 0.1) is 36.2 Å². The van der Waals surface area contributed by atoms with Crippen molar-refractivity contribution < 1.29 is 9.53 Å². The zero-order chi connectivity index (χ0) is 17.8. The van der Waals surface area contributed by atoms with Crippen molar-refractivity contribution >= 4 is 5.91 Å². The van der Waals surface area contributed by atoms with Crippen molar-refractivity contribution in [2.75, 3.05) is 33.8 Å². The first-order chi connectivity index (χ1) is 12.1. The van der Waals surface area contributed by atoms with Gasteiger partial charge in [0.1, 0.15) is 0 Å². The molecule has 0 bridgehead atoms. The van der Waals surface area contributed by atoms with Crippen molar-refractivity contribution in [1.29, 1.82) is 0 Å². The van der Waals surface area contributed by atoms with Crippen molar-refractivity contribution in [3.05, 3.63) is 59.4 Å². The normalized spacial score (nSPS) is 21.1. The summed E-state index contributed by atoms with van der Waals surface area (Å²) in [6.07, 6.45) is 1.47. The van der Waals surface area contributed by atoms with Gasteiger partial charge in [0.25, 0.3) is 5.91 Å². The number of carbonyl (C=O) groups is 1. The number of rotatable bonds is 4. The molecule has 0 radical (unpaired) electrons. The molecule has 2 unspecified atom stereocenters. The predicted molar refractivity (Wildman–Crippen MR) is 95.3 cm³/mol. The number of morpholine rings is 1. The number of hydrogen-bond acceptors (Lipinski definition) is 5. The van der Waals surface area contributed by atoms with Crippen molar-refractivity contribution in [1.82, 2.24) is 20.0 Å². The molecule has 2 aromatic rings. The summed E-state index contributed by atoms with van der Waals surface area (Å²) in [7, 11) is 3.91. The maximum absolute atomic E-state index is 12.8. The summed E-state index contributed by atoms with van der Waals surface area (Å²) in [6, 6.07) is 12.1. The van der Waals surface area contributed by atoms with E-state index in [1.807, 2.05) is 25.2 Å². The zero-order valence-electron chi connectivity index (χ0n) is 14.9. The molecule has 0 N–H and O–H groups in total. The summed E-state index contributed by atoms with van der Waals surface area (Å²) in [5.41, 5.74) is 2.43. The molecule has 0 saturated carbocycles. The molecule has 6 nitrogen and oxygen atoms in total. The maximum Gasteiger partial charge on any atom is 0.255 e. The quantitative estimate of drug-likeness (QED) is 0.851. The van der Waals surface area contributed by atoms with Crippen LogP contribution in [0.1, 0.15) is 27.7 Å². The van der Waals surface area contributed by atoms with Crippen LogP contribution in [-0.4, -0.2) is 65.8 Å². The number of hydrogen-bond donors (Lipinski definition) is 0. The first kappa shape index (κ1) is 17.5. The van der Waals surface area contributed by atoms with Gasteiger partial charge in [-0.1, -0.05) is 30.3 Å². The van der Waals surface area contributed by atoms with Gasteiger partial charge in [0.15, 0.2) is 0 Å². The Kier molecular flexibility index (Phi) is 5.40. The van der Waals surface area contributed by atoms with Crippen LogP contribution < -0.4 is 0 Å². The molecule has 25 heavy (non-hydrogen) atoms. The molecule has 1 saturated heterocycles. The third kappa shape index (κ3) is 3.86. The SMILES string of the molecule is Cc1nnccc1C(=O)N(C)CC1OCCN(C)C1c1ccccc1. The number of likely N-dealkylation sites (N-methyl/N-ethyl adjacent to an activating group) is 2. The Morgan fingerprint density at radius 1 is 1.32 bits per heavy atom. The second-order valence-electron chi connectivity index (χ2n) is 6.46. The fourth-order valence-electron chi connectivity index (χ4n) is 3.32. The van der Waals surface area contributed by atoms with Crippen LogP contribution in [0.5, 0.6) is 0 Å². The topological polar surface area (TPSA) is 58.6 Å². The molecule has 2 atom stereocenters. The lowest BCUT2D eigenvalue weighted by Crippen LogP contribution is -2.48. The Bertz CT molecular complexity index is 722. The molecule has 1 fully saturated rings. The molecular formula is C19H24N4O2. The van der Waals surface area contributed by atoms with E-state index in [0.717, 1.165) is 6.54 Å². The Balaban J connectivity index is 1.77. The lowest BCUT2D eigenvalue weighted by Gasteiger charge is -2.40. The second kappa shape index (κ2) is 7.72. The van der Waals surface area contributed by atoms with Crippen molar-refractivity contribution in [3.8, 4) is 0 Å². The van der Waals surface area contributed by atoms with E-state index in [9.17, 15) is 4.79 Å². The van der Waals surface area contributed by atoms with E-state index < -0.39 is 0 Å². The Hall–Kier alpha value is -2.31. The predicted octanol–water partition coefficient (Wildman–Crippen LogP) is 1.93. The molecule has 0 spiro atoms. The van der Waals surface area contributed by atoms with Crippen molar-refractivity contribution in [2.24, 2.45) is 0 Å². The van der Waals surface area contributed by atoms with Gasteiger partial charge in [-0.05, 0) is 25.6 Å². The number of carbonyl (C=O) groups excluding carboxylic acids is 1. The van der Waals surface area contributed by atoms with Gasteiger partial charge < -0.3 is 9.64 Å². The van der Waals surface area contributed by atoms with Gasteiger partial charge in [-0.25, -0.2) is 0 Å². The molecule has 1 aliphatic heterocycles. The first-order valence-corrected chi connectivity index (χ1v) is 8.48. The highest BCUT2D eigenvalue weighted by Crippen LogP contribution is 2.28. The van der Waals surface area contributed by atoms with Crippen LogP contribution in [0, 0.1) is 6.92 Å². The largest absolute Gasteiger partial charge is 0.373 e. The lowest BCUT2D eigenvalue weighted by molar-refractivity contribution is -0.0708. The number of ether oxygens (including phenoxy) is 1. The molecule has 1 aromatic carbocycles. The second-order valence-corrected chi connectivity index (χ2v) is 6.46. The third-order valence-electron chi connectivity index (χ3n) is 4.68. The average Bonchev–Trinajstić information content (AvgIpc) is 2.62. The van der Waals surface area contributed by atoms with Gasteiger partial charge in [0.2, 0.25) is 0 Å². The standard InChI is InChI=1S/C19H24N4O2/c1-14-16(9-10-20-21-14)19(24)23(3)13-17-18(22(2)11-12-25-17)15-7-5-4-6-8-15/h4-10,17-18H,11-13H2,1-3H3. The van der Waals surface area contributed by atoms with Crippen LogP contribution in [0.2, 0.25) is 0 Å². The van der Waals surface area contributed by atoms with Crippen molar-refractivity contribution in [3.63, 3.8) is 0 Å². The molecule has 3 rings (SSSR count). The van der Waals surface area contributed by atoms with E-state index in [-0.39, 0.29) is 18.1 Å². The van der Waals surface area contributed by atoms with Gasteiger partial charge in [-0.2, -0.15) is 10.2 Å². The summed E-state index contributed by atoms with van der Waals surface area (Å²) < 4.78 is 6.04.